The van der Waals surface area contributed by atoms with Crippen LogP contribution in [0.1, 0.15) is 15.9 Å². The largest absolute Gasteiger partial charge is 0.480 e. The zero-order valence-corrected chi connectivity index (χ0v) is 15.3. The van der Waals surface area contributed by atoms with Gasteiger partial charge in [-0.1, -0.05) is 40.0 Å². The first-order valence-electron chi connectivity index (χ1n) is 7.61. The SMILES string of the molecule is C#CCOc1ccccc1C=NNC(=O)CNC(=O)c1cccc(Br)c1. The average Bonchev–Trinajstić information content (AvgIpc) is 2.65. The van der Waals surface area contributed by atoms with E-state index in [1.165, 1.54) is 6.21 Å². The second-order valence-corrected chi connectivity index (χ2v) is 5.93. The van der Waals surface area contributed by atoms with Crippen LogP contribution in [0.3, 0.4) is 0 Å². The summed E-state index contributed by atoms with van der Waals surface area (Å²) in [4.78, 5) is 23.7. The predicted molar refractivity (Wildman–Crippen MR) is 103 cm³/mol. The van der Waals surface area contributed by atoms with E-state index in [-0.39, 0.29) is 19.1 Å². The molecule has 2 amide bonds. The number of ether oxygens (including phenoxy) is 1. The van der Waals surface area contributed by atoms with Gasteiger partial charge in [0, 0.05) is 15.6 Å². The summed E-state index contributed by atoms with van der Waals surface area (Å²) >= 11 is 3.29. The van der Waals surface area contributed by atoms with Crippen molar-refractivity contribution in [3.8, 4) is 18.1 Å². The van der Waals surface area contributed by atoms with Crippen molar-refractivity contribution in [2.24, 2.45) is 5.10 Å². The lowest BCUT2D eigenvalue weighted by Crippen LogP contribution is -2.34. The van der Waals surface area contributed by atoms with E-state index in [0.29, 0.717) is 16.9 Å². The van der Waals surface area contributed by atoms with E-state index in [2.05, 4.69) is 37.7 Å². The van der Waals surface area contributed by atoms with Gasteiger partial charge in [-0.2, -0.15) is 5.10 Å². The molecule has 0 aliphatic rings. The van der Waals surface area contributed by atoms with Gasteiger partial charge in [-0.25, -0.2) is 5.43 Å². The molecule has 2 N–H and O–H groups in total. The van der Waals surface area contributed by atoms with Crippen LogP contribution in [-0.2, 0) is 4.79 Å². The maximum atomic E-state index is 12.0. The maximum Gasteiger partial charge on any atom is 0.259 e. The molecule has 2 rings (SSSR count). The Morgan fingerprint density at radius 3 is 2.81 bits per heavy atom. The molecule has 2 aromatic carbocycles. The second-order valence-electron chi connectivity index (χ2n) is 5.02. The van der Waals surface area contributed by atoms with Gasteiger partial charge in [-0.15, -0.1) is 6.42 Å². The number of hydrogen-bond donors (Lipinski definition) is 2. The summed E-state index contributed by atoms with van der Waals surface area (Å²) in [6.07, 6.45) is 6.62. The van der Waals surface area contributed by atoms with Crippen molar-refractivity contribution in [2.75, 3.05) is 13.2 Å². The van der Waals surface area contributed by atoms with Crippen LogP contribution in [0, 0.1) is 12.3 Å². The first kappa shape index (κ1) is 19.2. The Morgan fingerprint density at radius 1 is 1.23 bits per heavy atom. The Hall–Kier alpha value is -3.11. The fourth-order valence-corrected chi connectivity index (χ4v) is 2.34. The van der Waals surface area contributed by atoms with Gasteiger partial charge in [0.1, 0.15) is 12.4 Å². The van der Waals surface area contributed by atoms with Crippen molar-refractivity contribution in [3.63, 3.8) is 0 Å². The number of terminal acetylenes is 1. The summed E-state index contributed by atoms with van der Waals surface area (Å²) in [7, 11) is 0. The number of para-hydroxylation sites is 1. The molecule has 0 aromatic heterocycles. The van der Waals surface area contributed by atoms with Crippen LogP contribution < -0.4 is 15.5 Å². The zero-order chi connectivity index (χ0) is 18.8. The lowest BCUT2D eigenvalue weighted by Gasteiger charge is -2.06. The van der Waals surface area contributed by atoms with Crippen molar-refractivity contribution in [1.82, 2.24) is 10.7 Å². The van der Waals surface area contributed by atoms with E-state index in [0.717, 1.165) is 4.47 Å². The van der Waals surface area contributed by atoms with E-state index in [9.17, 15) is 9.59 Å². The standard InChI is InChI=1S/C19H16BrN3O3/c1-2-10-26-17-9-4-3-6-15(17)12-22-23-18(24)13-21-19(25)14-7-5-8-16(20)11-14/h1,3-9,11-12H,10,13H2,(H,21,25)(H,23,24). The summed E-state index contributed by atoms with van der Waals surface area (Å²) in [6, 6.07) is 14.0. The third kappa shape index (κ3) is 6.07. The number of hydrogen-bond acceptors (Lipinski definition) is 4. The Morgan fingerprint density at radius 2 is 2.04 bits per heavy atom. The molecule has 6 nitrogen and oxygen atoms in total. The summed E-state index contributed by atoms with van der Waals surface area (Å²) in [5.41, 5.74) is 3.47. The van der Waals surface area contributed by atoms with E-state index in [1.807, 2.05) is 12.1 Å². The zero-order valence-electron chi connectivity index (χ0n) is 13.7. The average molecular weight is 414 g/mol. The van der Waals surface area contributed by atoms with Gasteiger partial charge in [0.05, 0.1) is 12.8 Å². The first-order chi connectivity index (χ1) is 12.6. The van der Waals surface area contributed by atoms with Crippen molar-refractivity contribution in [1.29, 1.82) is 0 Å². The number of rotatable bonds is 7. The molecule has 0 bridgehead atoms. The molecule has 0 radical (unpaired) electrons. The van der Waals surface area contributed by atoms with Gasteiger partial charge in [0.15, 0.2) is 0 Å². The van der Waals surface area contributed by atoms with Gasteiger partial charge in [-0.3, -0.25) is 9.59 Å². The van der Waals surface area contributed by atoms with Crippen LogP contribution in [0.5, 0.6) is 5.75 Å². The molecule has 2 aromatic rings. The highest BCUT2D eigenvalue weighted by Gasteiger charge is 2.08. The Balaban J connectivity index is 1.84. The number of benzene rings is 2. The monoisotopic (exact) mass is 413 g/mol. The Bertz CT molecular complexity index is 859. The minimum atomic E-state index is -0.452. The number of nitrogens with one attached hydrogen (secondary N) is 2. The summed E-state index contributed by atoms with van der Waals surface area (Å²) < 4.78 is 6.16. The lowest BCUT2D eigenvalue weighted by atomic mass is 10.2. The molecule has 0 heterocycles. The number of carbonyl (C=O) groups excluding carboxylic acids is 2. The molecule has 132 valence electrons. The predicted octanol–water partition coefficient (Wildman–Crippen LogP) is 2.34. The molecular weight excluding hydrogens is 398 g/mol. The van der Waals surface area contributed by atoms with Crippen LogP contribution in [0.15, 0.2) is 58.1 Å². The Kier molecular flexibility index (Phi) is 7.40. The summed E-state index contributed by atoms with van der Waals surface area (Å²) in [5.74, 6) is 2.14. The van der Waals surface area contributed by atoms with Gasteiger partial charge in [0.2, 0.25) is 0 Å². The highest BCUT2D eigenvalue weighted by Crippen LogP contribution is 2.15. The van der Waals surface area contributed by atoms with Gasteiger partial charge >= 0.3 is 0 Å². The van der Waals surface area contributed by atoms with Crippen molar-refractivity contribution < 1.29 is 14.3 Å². The summed E-state index contributed by atoms with van der Waals surface area (Å²) in [6.45, 7) is -0.0588. The molecule has 0 aliphatic heterocycles. The number of carbonyl (C=O) groups is 2. The highest BCUT2D eigenvalue weighted by molar-refractivity contribution is 9.10. The Labute approximate surface area is 159 Å². The number of nitrogens with zero attached hydrogens (tertiary/aromatic N) is 1. The van der Waals surface area contributed by atoms with Crippen LogP contribution in [-0.4, -0.2) is 31.2 Å². The van der Waals surface area contributed by atoms with Crippen LogP contribution >= 0.6 is 15.9 Å². The molecule has 0 aliphatic carbocycles. The molecule has 0 spiro atoms. The van der Waals surface area contributed by atoms with Crippen LogP contribution in [0.2, 0.25) is 0 Å². The fraction of sp³-hybridized carbons (Fsp3) is 0.105. The van der Waals surface area contributed by atoms with Crippen LogP contribution in [0.4, 0.5) is 0 Å². The van der Waals surface area contributed by atoms with Crippen molar-refractivity contribution >= 4 is 34.0 Å². The number of halogens is 1. The first-order valence-corrected chi connectivity index (χ1v) is 8.40. The molecule has 0 unspecified atom stereocenters. The highest BCUT2D eigenvalue weighted by atomic mass is 79.9. The molecule has 0 fully saturated rings. The van der Waals surface area contributed by atoms with Gasteiger partial charge in [0.25, 0.3) is 11.8 Å². The van der Waals surface area contributed by atoms with E-state index in [4.69, 9.17) is 11.2 Å². The van der Waals surface area contributed by atoms with Gasteiger partial charge < -0.3 is 10.1 Å². The topological polar surface area (TPSA) is 79.8 Å². The normalized spacial score (nSPS) is 10.2. The third-order valence-electron chi connectivity index (χ3n) is 3.12. The lowest BCUT2D eigenvalue weighted by molar-refractivity contribution is -0.120. The second kappa shape index (κ2) is 10.0. The molecule has 0 saturated heterocycles. The smallest absolute Gasteiger partial charge is 0.259 e. The quantitative estimate of drug-likeness (QED) is 0.415. The molecular formula is C19H16BrN3O3. The van der Waals surface area contributed by atoms with Crippen LogP contribution in [0.25, 0.3) is 0 Å². The van der Waals surface area contributed by atoms with Crippen molar-refractivity contribution in [2.45, 2.75) is 0 Å². The molecule has 0 atom stereocenters. The minimum Gasteiger partial charge on any atom is -0.480 e. The third-order valence-corrected chi connectivity index (χ3v) is 3.61. The van der Waals surface area contributed by atoms with E-state index >= 15 is 0 Å². The van der Waals surface area contributed by atoms with Crippen molar-refractivity contribution in [3.05, 3.63) is 64.1 Å². The van der Waals surface area contributed by atoms with E-state index < -0.39 is 5.91 Å². The molecule has 0 saturated carbocycles. The molecule has 26 heavy (non-hydrogen) atoms. The molecule has 7 heteroatoms. The number of hydrazone groups is 1. The van der Waals surface area contributed by atoms with Gasteiger partial charge in [-0.05, 0) is 30.3 Å². The maximum absolute atomic E-state index is 12.0. The summed E-state index contributed by atoms with van der Waals surface area (Å²) in [5, 5.41) is 6.38. The fourth-order valence-electron chi connectivity index (χ4n) is 1.94. The minimum absolute atomic E-state index is 0.138. The number of amides is 2. The van der Waals surface area contributed by atoms with E-state index in [1.54, 1.807) is 36.4 Å².